The van der Waals surface area contributed by atoms with E-state index in [2.05, 4.69) is 5.32 Å². The summed E-state index contributed by atoms with van der Waals surface area (Å²) in [7, 11) is 0. The number of fused-ring (bicyclic) bond motifs is 1. The second kappa shape index (κ2) is 3.58. The Kier molecular flexibility index (Phi) is 2.45. The van der Waals surface area contributed by atoms with Crippen LogP contribution in [0.4, 0.5) is 18.9 Å². The van der Waals surface area contributed by atoms with Gasteiger partial charge < -0.3 is 5.32 Å². The summed E-state index contributed by atoms with van der Waals surface area (Å²) >= 11 is 0. The summed E-state index contributed by atoms with van der Waals surface area (Å²) in [6, 6.07) is 1.95. The van der Waals surface area contributed by atoms with Gasteiger partial charge in [-0.05, 0) is 24.1 Å². The molecular formula is C11H8F3NO2. The van der Waals surface area contributed by atoms with Crippen molar-refractivity contribution in [2.24, 2.45) is 0 Å². The van der Waals surface area contributed by atoms with Gasteiger partial charge in [-0.3, -0.25) is 9.59 Å². The number of alkyl halides is 3. The lowest BCUT2D eigenvalue weighted by molar-refractivity contribution is -0.138. The minimum Gasteiger partial charge on any atom is -0.318 e. The van der Waals surface area contributed by atoms with E-state index < -0.39 is 23.4 Å². The molecule has 3 nitrogen and oxygen atoms in total. The zero-order valence-corrected chi connectivity index (χ0v) is 8.81. The van der Waals surface area contributed by atoms with Crippen LogP contribution < -0.4 is 5.32 Å². The summed E-state index contributed by atoms with van der Waals surface area (Å²) in [6.07, 6.45) is -4.35. The number of rotatable bonds is 1. The number of anilines is 1. The molecule has 0 saturated heterocycles. The molecule has 1 N–H and O–H groups in total. The number of aryl methyl sites for hydroxylation is 1. The number of ketones is 1. The van der Waals surface area contributed by atoms with Gasteiger partial charge in [0.2, 0.25) is 0 Å². The van der Waals surface area contributed by atoms with Crippen LogP contribution in [0.5, 0.6) is 0 Å². The number of halogens is 3. The Morgan fingerprint density at radius 3 is 2.41 bits per heavy atom. The molecule has 1 heterocycles. The minimum absolute atomic E-state index is 0.0138. The fraction of sp³-hybridized carbons (Fsp3) is 0.273. The number of carbonyl (C=O) groups is 2. The molecule has 0 radical (unpaired) electrons. The first-order chi connectivity index (χ1) is 7.84. The lowest BCUT2D eigenvalue weighted by atomic mass is 9.99. The topological polar surface area (TPSA) is 46.2 Å². The van der Waals surface area contributed by atoms with Crippen molar-refractivity contribution in [1.82, 2.24) is 0 Å². The number of amides is 1. The van der Waals surface area contributed by atoms with Gasteiger partial charge in [0.25, 0.3) is 11.7 Å². The first kappa shape index (κ1) is 11.6. The Morgan fingerprint density at radius 2 is 1.88 bits per heavy atom. The van der Waals surface area contributed by atoms with E-state index in [-0.39, 0.29) is 23.2 Å². The number of Topliss-reactive ketones (excluding diaryl/α,β-unsaturated/α-hetero) is 1. The van der Waals surface area contributed by atoms with Crippen molar-refractivity contribution in [1.29, 1.82) is 0 Å². The van der Waals surface area contributed by atoms with Crippen LogP contribution in [0, 0.1) is 0 Å². The van der Waals surface area contributed by atoms with Crippen LogP contribution in [0.1, 0.15) is 28.4 Å². The average molecular weight is 243 g/mol. The van der Waals surface area contributed by atoms with Crippen molar-refractivity contribution < 1.29 is 22.8 Å². The van der Waals surface area contributed by atoms with E-state index in [1.165, 1.54) is 0 Å². The zero-order chi connectivity index (χ0) is 12.8. The summed E-state index contributed by atoms with van der Waals surface area (Å²) in [4.78, 5) is 22.4. The Balaban J connectivity index is 2.64. The lowest BCUT2D eigenvalue weighted by Gasteiger charge is -2.13. The maximum atomic E-state index is 12.7. The molecule has 90 valence electrons. The Labute approximate surface area is 94.6 Å². The number of hydrogen-bond donors (Lipinski definition) is 1. The molecule has 0 bridgehead atoms. The average Bonchev–Trinajstić information content (AvgIpc) is 2.52. The molecule has 0 atom stereocenters. The predicted octanol–water partition coefficient (Wildman–Crippen LogP) is 2.40. The van der Waals surface area contributed by atoms with Crippen LogP contribution in [0.25, 0.3) is 0 Å². The van der Waals surface area contributed by atoms with E-state index in [4.69, 9.17) is 0 Å². The molecule has 0 unspecified atom stereocenters. The van der Waals surface area contributed by atoms with E-state index >= 15 is 0 Å². The molecule has 1 amide bonds. The molecular weight excluding hydrogens is 235 g/mol. The van der Waals surface area contributed by atoms with Crippen molar-refractivity contribution in [3.8, 4) is 0 Å². The molecule has 0 aromatic heterocycles. The lowest BCUT2D eigenvalue weighted by Crippen LogP contribution is -2.12. The number of carbonyl (C=O) groups excluding carboxylic acids is 2. The van der Waals surface area contributed by atoms with Gasteiger partial charge in [0, 0.05) is 0 Å². The minimum atomic E-state index is -4.49. The summed E-state index contributed by atoms with van der Waals surface area (Å²) in [5, 5.41) is 2.12. The molecule has 0 fully saturated rings. The normalized spacial score (nSPS) is 14.8. The standard InChI is InChI=1S/C11H8F3NO2/c1-2-5-3-6-8(15-10(17)9(6)16)4-7(5)11(12,13)14/h3-4H,2H2,1H3,(H,15,16,17). The van der Waals surface area contributed by atoms with Gasteiger partial charge in [-0.1, -0.05) is 6.92 Å². The third-order valence-electron chi connectivity index (χ3n) is 2.63. The highest BCUT2D eigenvalue weighted by Crippen LogP contribution is 2.37. The van der Waals surface area contributed by atoms with E-state index in [1.807, 2.05) is 0 Å². The summed E-state index contributed by atoms with van der Waals surface area (Å²) in [5.74, 6) is -1.68. The van der Waals surface area contributed by atoms with E-state index in [0.29, 0.717) is 0 Å². The monoisotopic (exact) mass is 243 g/mol. The Hall–Kier alpha value is -1.85. The molecule has 17 heavy (non-hydrogen) atoms. The predicted molar refractivity (Wildman–Crippen MR) is 53.8 cm³/mol. The van der Waals surface area contributed by atoms with Crippen LogP contribution in [-0.2, 0) is 17.4 Å². The Bertz CT molecular complexity index is 520. The first-order valence-electron chi connectivity index (χ1n) is 4.94. The number of nitrogens with one attached hydrogen (secondary N) is 1. The van der Waals surface area contributed by atoms with Gasteiger partial charge >= 0.3 is 6.18 Å². The van der Waals surface area contributed by atoms with Gasteiger partial charge in [0.1, 0.15) is 0 Å². The van der Waals surface area contributed by atoms with Crippen molar-refractivity contribution in [2.45, 2.75) is 19.5 Å². The van der Waals surface area contributed by atoms with Gasteiger partial charge in [-0.15, -0.1) is 0 Å². The van der Waals surface area contributed by atoms with Gasteiger partial charge in [-0.2, -0.15) is 13.2 Å². The highest BCUT2D eigenvalue weighted by molar-refractivity contribution is 6.51. The van der Waals surface area contributed by atoms with Crippen LogP contribution in [0.15, 0.2) is 12.1 Å². The van der Waals surface area contributed by atoms with Crippen molar-refractivity contribution in [3.63, 3.8) is 0 Å². The van der Waals surface area contributed by atoms with Gasteiger partial charge in [0.15, 0.2) is 0 Å². The van der Waals surface area contributed by atoms with Crippen LogP contribution in [0.2, 0.25) is 0 Å². The quantitative estimate of drug-likeness (QED) is 0.770. The number of hydrogen-bond acceptors (Lipinski definition) is 2. The van der Waals surface area contributed by atoms with E-state index in [1.54, 1.807) is 6.92 Å². The number of benzene rings is 1. The van der Waals surface area contributed by atoms with Gasteiger partial charge in [0.05, 0.1) is 16.8 Å². The van der Waals surface area contributed by atoms with Crippen LogP contribution in [-0.4, -0.2) is 11.7 Å². The van der Waals surface area contributed by atoms with Crippen LogP contribution in [0.3, 0.4) is 0 Å². The molecule has 1 aliphatic rings. The molecule has 0 saturated carbocycles. The maximum Gasteiger partial charge on any atom is 0.416 e. The second-order valence-corrected chi connectivity index (χ2v) is 3.69. The largest absolute Gasteiger partial charge is 0.416 e. The highest BCUT2D eigenvalue weighted by Gasteiger charge is 2.37. The summed E-state index contributed by atoms with van der Waals surface area (Å²) in [6.45, 7) is 1.56. The molecule has 0 spiro atoms. The molecule has 1 aromatic rings. The molecule has 6 heteroatoms. The van der Waals surface area contributed by atoms with Crippen molar-refractivity contribution in [3.05, 3.63) is 28.8 Å². The van der Waals surface area contributed by atoms with Crippen molar-refractivity contribution in [2.75, 3.05) is 5.32 Å². The maximum absolute atomic E-state index is 12.7. The first-order valence-corrected chi connectivity index (χ1v) is 4.94. The molecule has 1 aliphatic heterocycles. The zero-order valence-electron chi connectivity index (χ0n) is 8.81. The summed E-state index contributed by atoms with van der Waals surface area (Å²) in [5.41, 5.74) is -0.848. The third kappa shape index (κ3) is 1.79. The Morgan fingerprint density at radius 1 is 1.24 bits per heavy atom. The summed E-state index contributed by atoms with van der Waals surface area (Å²) < 4.78 is 38.1. The van der Waals surface area contributed by atoms with Gasteiger partial charge in [-0.25, -0.2) is 0 Å². The fourth-order valence-electron chi connectivity index (χ4n) is 1.79. The second-order valence-electron chi connectivity index (χ2n) is 3.69. The molecule has 0 aliphatic carbocycles. The smallest absolute Gasteiger partial charge is 0.318 e. The van der Waals surface area contributed by atoms with E-state index in [9.17, 15) is 22.8 Å². The molecule has 2 rings (SSSR count). The third-order valence-corrected chi connectivity index (χ3v) is 2.63. The van der Waals surface area contributed by atoms with E-state index in [0.717, 1.165) is 12.1 Å². The molecule has 1 aromatic carbocycles. The van der Waals surface area contributed by atoms with Crippen molar-refractivity contribution >= 4 is 17.4 Å². The SMILES string of the molecule is CCc1cc2c(cc1C(F)(F)F)NC(=O)C2=O. The van der Waals surface area contributed by atoms with Crippen LogP contribution >= 0.6 is 0 Å². The fourth-order valence-corrected chi connectivity index (χ4v) is 1.79. The highest BCUT2D eigenvalue weighted by atomic mass is 19.4.